The fourth-order valence-corrected chi connectivity index (χ4v) is 11.5. The van der Waals surface area contributed by atoms with Crippen molar-refractivity contribution in [2.75, 3.05) is 0 Å². The Morgan fingerprint density at radius 2 is 0.773 bits per heavy atom. The summed E-state index contributed by atoms with van der Waals surface area (Å²) in [6, 6.07) is 54.6. The molecule has 2 fully saturated rings. The van der Waals surface area contributed by atoms with E-state index in [0.29, 0.717) is 10.8 Å². The van der Waals surface area contributed by atoms with Crippen molar-refractivity contribution in [2.45, 2.75) is 129 Å². The van der Waals surface area contributed by atoms with E-state index in [9.17, 15) is 0 Å². The molecule has 4 heteroatoms. The number of halogens is 2. The van der Waals surface area contributed by atoms with Crippen LogP contribution < -0.4 is 0 Å². The number of benzene rings is 6. The molecular formula is C62H74Cl2SiZr-4. The number of fused-ring (bicyclic) bond motifs is 4. The van der Waals surface area contributed by atoms with Gasteiger partial charge in [-0.25, -0.2) is 0 Å². The van der Waals surface area contributed by atoms with Crippen LogP contribution >= 0.6 is 24.8 Å². The van der Waals surface area contributed by atoms with Crippen LogP contribution in [0.25, 0.3) is 65.3 Å². The van der Waals surface area contributed by atoms with Gasteiger partial charge in [0.1, 0.15) is 0 Å². The van der Waals surface area contributed by atoms with Gasteiger partial charge in [0.2, 0.25) is 0 Å². The molecule has 8 aromatic carbocycles. The summed E-state index contributed by atoms with van der Waals surface area (Å²) in [5, 5.41) is 10.9. The van der Waals surface area contributed by atoms with Gasteiger partial charge in [0.15, 0.2) is 0 Å². The minimum atomic E-state index is 0. The van der Waals surface area contributed by atoms with E-state index in [-0.39, 0.29) is 39.7 Å². The molecule has 8 aromatic rings. The fraction of sp³-hybridized carbons (Fsp3) is 0.355. The quantitative estimate of drug-likeness (QED) is 0.105. The molecule has 348 valence electrons. The van der Waals surface area contributed by atoms with E-state index in [4.69, 9.17) is 0 Å². The van der Waals surface area contributed by atoms with Gasteiger partial charge < -0.3 is 14.9 Å². The average Bonchev–Trinajstić information content (AvgIpc) is 3.92. The Morgan fingerprint density at radius 3 is 1.14 bits per heavy atom. The van der Waals surface area contributed by atoms with Crippen molar-refractivity contribution in [1.29, 1.82) is 0 Å². The van der Waals surface area contributed by atoms with E-state index in [1.807, 2.05) is 0 Å². The van der Waals surface area contributed by atoms with Crippen molar-refractivity contribution in [3.05, 3.63) is 172 Å². The monoisotopic (exact) mass is 1010 g/mol. The van der Waals surface area contributed by atoms with E-state index in [1.54, 1.807) is 11.1 Å². The van der Waals surface area contributed by atoms with Crippen LogP contribution in [0.15, 0.2) is 146 Å². The Hall–Kier alpha value is -3.26. The molecule has 0 amide bonds. The third-order valence-corrected chi connectivity index (χ3v) is 15.2. The molecule has 2 aliphatic rings. The van der Waals surface area contributed by atoms with E-state index in [1.165, 1.54) is 204 Å². The second-order valence-corrected chi connectivity index (χ2v) is 19.1. The van der Waals surface area contributed by atoms with Crippen molar-refractivity contribution in [2.24, 2.45) is 10.8 Å². The van der Waals surface area contributed by atoms with E-state index >= 15 is 0 Å². The second-order valence-electron chi connectivity index (χ2n) is 19.1. The Bertz CT molecular complexity index is 2500. The van der Waals surface area contributed by atoms with Gasteiger partial charge in [-0.2, -0.15) is 12.1 Å². The maximum absolute atomic E-state index is 3.06. The molecule has 0 N–H and O–H groups in total. The van der Waals surface area contributed by atoms with Gasteiger partial charge in [-0.3, -0.25) is 0 Å². The van der Waals surface area contributed by atoms with Crippen molar-refractivity contribution in [3.63, 3.8) is 0 Å². The van der Waals surface area contributed by atoms with Crippen LogP contribution in [0.5, 0.6) is 0 Å². The third-order valence-electron chi connectivity index (χ3n) is 15.2. The fourth-order valence-electron chi connectivity index (χ4n) is 11.5. The topological polar surface area (TPSA) is 0 Å². The van der Waals surface area contributed by atoms with Crippen LogP contribution in [0.2, 0.25) is 0 Å². The molecule has 0 unspecified atom stereocenters. The van der Waals surface area contributed by atoms with Crippen molar-refractivity contribution in [1.82, 2.24) is 0 Å². The zero-order valence-corrected chi connectivity index (χ0v) is 45.5. The number of rotatable bonds is 8. The number of hydrogen-bond acceptors (Lipinski definition) is 0. The molecule has 2 radical (unpaired) electrons. The molecule has 0 aromatic heterocycles. The zero-order valence-electron chi connectivity index (χ0n) is 40.4. The Morgan fingerprint density at radius 1 is 0.424 bits per heavy atom. The summed E-state index contributed by atoms with van der Waals surface area (Å²) in [7, 11) is 0. The zero-order chi connectivity index (χ0) is 42.8. The SMILES string of the molecule is CCC1(Cc2cc3c(-c4ccc5ccccc5c4)cccc3[cH-]2)CCCCCCC1.CCC1(Cc2cc3c(-c4ccc5ccccc5c4)cccc3[cH-]2)CCCCCCC1.Cl.Cl.[CH3-].[CH3-].[Si]=[Zr]. The van der Waals surface area contributed by atoms with Crippen molar-refractivity contribution < 1.29 is 23.3 Å². The van der Waals surface area contributed by atoms with Crippen LogP contribution in [-0.2, 0) is 36.2 Å². The minimum absolute atomic E-state index is 0. The van der Waals surface area contributed by atoms with Gasteiger partial charge >= 0.3 is 30.2 Å². The summed E-state index contributed by atoms with van der Waals surface area (Å²) < 4.78 is 0. The summed E-state index contributed by atoms with van der Waals surface area (Å²) in [6.07, 6.45) is 25.0. The molecule has 0 saturated heterocycles. The molecule has 0 spiro atoms. The molecule has 2 aliphatic carbocycles. The Balaban J connectivity index is 0.000000263. The second kappa shape index (κ2) is 26.5. The molecule has 0 bridgehead atoms. The van der Waals surface area contributed by atoms with Crippen molar-refractivity contribution >= 4 is 74.8 Å². The van der Waals surface area contributed by atoms with Gasteiger partial charge in [0.05, 0.1) is 0 Å². The molecule has 0 heterocycles. The molecule has 10 rings (SSSR count). The first-order valence-electron chi connectivity index (χ1n) is 24.1. The van der Waals surface area contributed by atoms with Crippen LogP contribution in [0, 0.1) is 25.7 Å². The Labute approximate surface area is 428 Å². The van der Waals surface area contributed by atoms with Crippen LogP contribution in [0.3, 0.4) is 0 Å². The Kier molecular flexibility index (Phi) is 22.2. The molecule has 0 atom stereocenters. The van der Waals surface area contributed by atoms with Gasteiger partial charge in [0.25, 0.3) is 0 Å². The maximum atomic E-state index is 3.06. The molecule has 66 heavy (non-hydrogen) atoms. The summed E-state index contributed by atoms with van der Waals surface area (Å²) in [5.74, 6) is 0. The van der Waals surface area contributed by atoms with Gasteiger partial charge in [-0.1, -0.05) is 187 Å². The van der Waals surface area contributed by atoms with Gasteiger partial charge in [-0.05, 0) is 94.2 Å². The third kappa shape index (κ3) is 13.1. The van der Waals surface area contributed by atoms with E-state index in [2.05, 4.69) is 166 Å². The van der Waals surface area contributed by atoms with Crippen LogP contribution in [0.4, 0.5) is 0 Å². The predicted molar refractivity (Wildman–Crippen MR) is 296 cm³/mol. The van der Waals surface area contributed by atoms with E-state index < -0.39 is 0 Å². The normalized spacial score (nSPS) is 15.6. The number of hydrogen-bond donors (Lipinski definition) is 0. The standard InChI is InChI=1S/2C30H33.2CH3.2ClH.Si.Zr/c2*1-2-30(17-8-4-3-5-9-18-30)22-23-19-26-13-10-14-28(29(26)20-23)27-16-15-24-11-6-7-12-25(24)21-27;;;;;;/h2*6-7,10-16,19-21H,2-5,8-9,17-18,22H2,1H3;2*1H3;2*1H;;/q4*-1;;;;. The first kappa shape index (κ1) is 55.3. The van der Waals surface area contributed by atoms with Crippen LogP contribution in [-0.4, -0.2) is 6.88 Å². The molecule has 2 saturated carbocycles. The first-order chi connectivity index (χ1) is 30.5. The summed E-state index contributed by atoms with van der Waals surface area (Å²) in [6.45, 7) is 7.91. The summed E-state index contributed by atoms with van der Waals surface area (Å²) in [5.41, 5.74) is 9.49. The van der Waals surface area contributed by atoms with Gasteiger partial charge in [-0.15, -0.1) is 93.9 Å². The summed E-state index contributed by atoms with van der Waals surface area (Å²) >= 11 is 1.36. The van der Waals surface area contributed by atoms with Crippen molar-refractivity contribution in [3.8, 4) is 22.3 Å². The first-order valence-corrected chi connectivity index (χ1v) is 28.3. The molecule has 0 aliphatic heterocycles. The molecular weight excluding hydrogens is 935 g/mol. The van der Waals surface area contributed by atoms with Gasteiger partial charge in [0, 0.05) is 0 Å². The molecule has 0 nitrogen and oxygen atoms in total. The van der Waals surface area contributed by atoms with E-state index in [0.717, 1.165) is 0 Å². The predicted octanol–water partition coefficient (Wildman–Crippen LogP) is 19.5. The summed E-state index contributed by atoms with van der Waals surface area (Å²) in [4.78, 5) is 0. The average molecular weight is 1010 g/mol. The van der Waals surface area contributed by atoms with Crippen LogP contribution in [0.1, 0.15) is 128 Å².